The molecule has 2 fully saturated rings. The molecule has 1 atom stereocenters. The topological polar surface area (TPSA) is 21.3 Å². The Balaban J connectivity index is 1.93. The fourth-order valence-corrected chi connectivity index (χ4v) is 1.53. The van der Waals surface area contributed by atoms with E-state index >= 15 is 0 Å². The second-order valence-electron chi connectivity index (χ2n) is 3.07. The maximum Gasteiger partial charge on any atom is 0.0934 e. The third kappa shape index (κ3) is 0.864. The van der Waals surface area contributed by atoms with Crippen molar-refractivity contribution in [3.8, 4) is 0 Å². The molecule has 9 heavy (non-hydrogen) atoms. The Labute approximate surface area is 55.6 Å². The molecular weight excluding hydrogens is 114 g/mol. The van der Waals surface area contributed by atoms with Gasteiger partial charge in [0.25, 0.3) is 0 Å². The maximum atomic E-state index is 5.05. The lowest BCUT2D eigenvalue weighted by atomic mass is 9.79. The molecule has 2 saturated heterocycles. The summed E-state index contributed by atoms with van der Waals surface area (Å²) in [6.45, 7) is 5.27. The number of ether oxygens (including phenoxy) is 1. The molecule has 0 aromatic rings. The zero-order valence-corrected chi connectivity index (χ0v) is 5.52. The van der Waals surface area contributed by atoms with Crippen LogP contribution in [-0.4, -0.2) is 19.7 Å². The van der Waals surface area contributed by atoms with Crippen molar-refractivity contribution in [2.45, 2.75) is 12.8 Å². The number of piperidine rings is 1. The van der Waals surface area contributed by atoms with E-state index in [-0.39, 0.29) is 0 Å². The molecule has 1 N–H and O–H groups in total. The van der Waals surface area contributed by atoms with Gasteiger partial charge in [-0.15, -0.1) is 0 Å². The first-order valence-corrected chi connectivity index (χ1v) is 3.58. The van der Waals surface area contributed by atoms with E-state index in [0.29, 0.717) is 5.41 Å². The number of nitrogens with one attached hydrogen (secondary N) is 1. The van der Waals surface area contributed by atoms with Gasteiger partial charge in [0.05, 0.1) is 13.2 Å². The molecule has 2 aliphatic heterocycles. The summed E-state index contributed by atoms with van der Waals surface area (Å²) in [7, 11) is 0. The van der Waals surface area contributed by atoms with E-state index < -0.39 is 0 Å². The minimum absolute atomic E-state index is 0.443. The first-order chi connectivity index (χ1) is 4.41. The van der Waals surface area contributed by atoms with Crippen molar-refractivity contribution in [2.75, 3.05) is 19.7 Å². The van der Waals surface area contributed by atoms with Gasteiger partial charge in [0.15, 0.2) is 0 Å². The van der Waals surface area contributed by atoms with Crippen LogP contribution in [0, 0.1) is 12.0 Å². The maximum absolute atomic E-state index is 5.05. The predicted octanol–water partition coefficient (Wildman–Crippen LogP) is 0.548. The Hall–Kier alpha value is -0.0800. The molecule has 0 amide bonds. The molecule has 0 bridgehead atoms. The molecule has 1 unspecified atom stereocenters. The zero-order chi connectivity index (χ0) is 6.16. The largest absolute Gasteiger partial charge is 0.374 e. The number of hydrogen-bond donors (Lipinski definition) is 1. The van der Waals surface area contributed by atoms with Crippen molar-refractivity contribution < 1.29 is 4.74 Å². The van der Waals surface area contributed by atoms with Gasteiger partial charge in [0.1, 0.15) is 0 Å². The van der Waals surface area contributed by atoms with Gasteiger partial charge in [0.2, 0.25) is 0 Å². The summed E-state index contributed by atoms with van der Waals surface area (Å²) in [5, 5.41) is 3.37. The first kappa shape index (κ1) is 5.69. The second-order valence-corrected chi connectivity index (χ2v) is 3.07. The van der Waals surface area contributed by atoms with Crippen molar-refractivity contribution in [2.24, 2.45) is 5.41 Å². The molecule has 0 aliphatic carbocycles. The number of hydrogen-bond acceptors (Lipinski definition) is 2. The zero-order valence-electron chi connectivity index (χ0n) is 5.52. The Bertz CT molecular complexity index is 101. The lowest BCUT2D eigenvalue weighted by Gasteiger charge is -2.43. The molecule has 0 saturated carbocycles. The summed E-state index contributed by atoms with van der Waals surface area (Å²) >= 11 is 0. The summed E-state index contributed by atoms with van der Waals surface area (Å²) in [5.74, 6) is 0. The van der Waals surface area contributed by atoms with Gasteiger partial charge in [0, 0.05) is 12.0 Å². The van der Waals surface area contributed by atoms with Crippen LogP contribution in [0.1, 0.15) is 12.8 Å². The van der Waals surface area contributed by atoms with Crippen LogP contribution in [0.4, 0.5) is 0 Å². The van der Waals surface area contributed by atoms with Crippen LogP contribution in [-0.2, 0) is 4.74 Å². The highest BCUT2D eigenvalue weighted by molar-refractivity contribution is 4.98. The van der Waals surface area contributed by atoms with Crippen LogP contribution < -0.4 is 5.32 Å². The SMILES string of the molecule is [CH]1OCC12CCCNC2. The van der Waals surface area contributed by atoms with Gasteiger partial charge in [-0.3, -0.25) is 0 Å². The average Bonchev–Trinajstić information content (AvgIpc) is 1.87. The average molecular weight is 126 g/mol. The smallest absolute Gasteiger partial charge is 0.0934 e. The van der Waals surface area contributed by atoms with Gasteiger partial charge >= 0.3 is 0 Å². The molecule has 2 heteroatoms. The van der Waals surface area contributed by atoms with Crippen LogP contribution in [0.2, 0.25) is 0 Å². The predicted molar refractivity (Wildman–Crippen MR) is 34.8 cm³/mol. The summed E-state index contributed by atoms with van der Waals surface area (Å²) in [5.41, 5.74) is 0.443. The van der Waals surface area contributed by atoms with E-state index in [1.165, 1.54) is 19.4 Å². The molecule has 0 aromatic carbocycles. The standard InChI is InChI=1S/C7H12NO/c1-2-7(4-8-3-1)5-9-6-7/h5,8H,1-4,6H2. The summed E-state index contributed by atoms with van der Waals surface area (Å²) < 4.78 is 5.05. The van der Waals surface area contributed by atoms with Crippen LogP contribution in [0.15, 0.2) is 0 Å². The van der Waals surface area contributed by atoms with E-state index in [0.717, 1.165) is 13.2 Å². The van der Waals surface area contributed by atoms with E-state index in [2.05, 4.69) is 5.32 Å². The Morgan fingerprint density at radius 1 is 1.56 bits per heavy atom. The van der Waals surface area contributed by atoms with E-state index in [9.17, 15) is 0 Å². The van der Waals surface area contributed by atoms with Crippen LogP contribution in [0.3, 0.4) is 0 Å². The molecular formula is C7H12NO. The Morgan fingerprint density at radius 3 is 2.78 bits per heavy atom. The van der Waals surface area contributed by atoms with Crippen molar-refractivity contribution in [1.82, 2.24) is 5.32 Å². The van der Waals surface area contributed by atoms with Gasteiger partial charge in [-0.05, 0) is 19.4 Å². The minimum Gasteiger partial charge on any atom is -0.374 e. The van der Waals surface area contributed by atoms with Crippen LogP contribution in [0.25, 0.3) is 0 Å². The molecule has 2 heterocycles. The molecule has 0 aromatic heterocycles. The van der Waals surface area contributed by atoms with Crippen molar-refractivity contribution >= 4 is 0 Å². The Kier molecular flexibility index (Phi) is 1.24. The van der Waals surface area contributed by atoms with Crippen LogP contribution >= 0.6 is 0 Å². The lowest BCUT2D eigenvalue weighted by molar-refractivity contribution is -0.0617. The van der Waals surface area contributed by atoms with Crippen molar-refractivity contribution in [3.05, 3.63) is 6.61 Å². The fourth-order valence-electron chi connectivity index (χ4n) is 1.53. The van der Waals surface area contributed by atoms with E-state index in [1.54, 1.807) is 0 Å². The van der Waals surface area contributed by atoms with Gasteiger partial charge in [-0.25, -0.2) is 0 Å². The summed E-state index contributed by atoms with van der Waals surface area (Å²) in [6.07, 6.45) is 2.62. The second kappa shape index (κ2) is 1.96. The third-order valence-electron chi connectivity index (χ3n) is 2.21. The molecule has 2 aliphatic rings. The molecule has 51 valence electrons. The lowest BCUT2D eigenvalue weighted by Crippen LogP contribution is -2.49. The number of rotatable bonds is 0. The van der Waals surface area contributed by atoms with Crippen molar-refractivity contribution in [1.29, 1.82) is 0 Å². The highest BCUT2D eigenvalue weighted by atomic mass is 16.5. The molecule has 2 rings (SSSR count). The quantitative estimate of drug-likeness (QED) is 0.511. The fraction of sp³-hybridized carbons (Fsp3) is 0.857. The molecule has 2 nitrogen and oxygen atoms in total. The normalized spacial score (nSPS) is 32.0. The Morgan fingerprint density at radius 2 is 2.44 bits per heavy atom. The summed E-state index contributed by atoms with van der Waals surface area (Å²) in [6, 6.07) is 0. The first-order valence-electron chi connectivity index (χ1n) is 3.58. The molecule has 1 radical (unpaired) electrons. The van der Waals surface area contributed by atoms with Gasteiger partial charge in [-0.2, -0.15) is 0 Å². The van der Waals surface area contributed by atoms with Gasteiger partial charge in [-0.1, -0.05) is 0 Å². The van der Waals surface area contributed by atoms with E-state index in [1.807, 2.05) is 6.61 Å². The molecule has 1 spiro atoms. The van der Waals surface area contributed by atoms with Crippen molar-refractivity contribution in [3.63, 3.8) is 0 Å². The third-order valence-corrected chi connectivity index (χ3v) is 2.21. The van der Waals surface area contributed by atoms with Crippen LogP contribution in [0.5, 0.6) is 0 Å². The monoisotopic (exact) mass is 126 g/mol. The highest BCUT2D eigenvalue weighted by Crippen LogP contribution is 2.37. The highest BCUT2D eigenvalue weighted by Gasteiger charge is 2.39. The van der Waals surface area contributed by atoms with E-state index in [4.69, 9.17) is 4.74 Å². The minimum atomic E-state index is 0.443. The van der Waals surface area contributed by atoms with Gasteiger partial charge < -0.3 is 10.1 Å². The summed E-state index contributed by atoms with van der Waals surface area (Å²) in [4.78, 5) is 0.